The molecule has 2 amide bonds. The summed E-state index contributed by atoms with van der Waals surface area (Å²) in [5, 5.41) is 7.90. The van der Waals surface area contributed by atoms with E-state index in [1.165, 1.54) is 4.90 Å². The standard InChI is InChI=1S/C13H14N4O.C12H13ClF3N/c14-13(18)15-12-10-7-4-8-11(10)16-17(12)9-5-2-1-3-6-9;13-11-3-1-9(2-4-11)10-5-6-17(7-10)8-12(14,15)16/h1-3,5-6H,4,7-8H2,(H3,14,15,18);1-4,10H,5-8H2. The highest BCUT2D eigenvalue weighted by Crippen LogP contribution is 2.31. The van der Waals surface area contributed by atoms with Crippen molar-refractivity contribution in [3.8, 4) is 5.69 Å². The van der Waals surface area contributed by atoms with Gasteiger partial charge in [0.2, 0.25) is 0 Å². The average molecular weight is 506 g/mol. The number of primary amides is 1. The van der Waals surface area contributed by atoms with Crippen molar-refractivity contribution >= 4 is 23.4 Å². The van der Waals surface area contributed by atoms with Gasteiger partial charge in [0, 0.05) is 17.1 Å². The number of nitrogens with one attached hydrogen (secondary N) is 1. The highest BCUT2D eigenvalue weighted by atomic mass is 35.5. The number of likely N-dealkylation sites (tertiary alicyclic amines) is 1. The molecule has 3 N–H and O–H groups in total. The number of aromatic nitrogens is 2. The van der Waals surface area contributed by atoms with Gasteiger partial charge in [0.25, 0.3) is 0 Å². The summed E-state index contributed by atoms with van der Waals surface area (Å²) in [6.45, 7) is 0.172. The molecule has 186 valence electrons. The summed E-state index contributed by atoms with van der Waals surface area (Å²) >= 11 is 5.77. The van der Waals surface area contributed by atoms with E-state index < -0.39 is 18.8 Å². The first-order valence-corrected chi connectivity index (χ1v) is 11.8. The molecule has 0 saturated carbocycles. The summed E-state index contributed by atoms with van der Waals surface area (Å²) in [7, 11) is 0. The molecule has 1 aliphatic heterocycles. The largest absolute Gasteiger partial charge is 0.401 e. The van der Waals surface area contributed by atoms with Crippen LogP contribution in [0.5, 0.6) is 0 Å². The molecule has 1 atom stereocenters. The minimum Gasteiger partial charge on any atom is -0.351 e. The number of alkyl halides is 3. The summed E-state index contributed by atoms with van der Waals surface area (Å²) in [6, 6.07) is 16.5. The Morgan fingerprint density at radius 1 is 1.11 bits per heavy atom. The van der Waals surface area contributed by atoms with Crippen molar-refractivity contribution in [3.05, 3.63) is 76.4 Å². The molecule has 1 unspecified atom stereocenters. The maximum Gasteiger partial charge on any atom is 0.401 e. The van der Waals surface area contributed by atoms with Crippen LogP contribution in [0.25, 0.3) is 5.69 Å². The number of para-hydroxylation sites is 1. The zero-order valence-corrected chi connectivity index (χ0v) is 19.8. The molecule has 1 saturated heterocycles. The fourth-order valence-corrected chi connectivity index (χ4v) is 4.76. The Kier molecular flexibility index (Phi) is 7.66. The van der Waals surface area contributed by atoms with Crippen molar-refractivity contribution in [1.29, 1.82) is 0 Å². The van der Waals surface area contributed by atoms with Crippen molar-refractivity contribution in [1.82, 2.24) is 14.7 Å². The van der Waals surface area contributed by atoms with E-state index in [0.29, 0.717) is 23.9 Å². The van der Waals surface area contributed by atoms with Crippen LogP contribution in [0.4, 0.5) is 23.8 Å². The minimum atomic E-state index is -4.10. The number of carbonyl (C=O) groups excluding carboxylic acids is 1. The molecule has 0 radical (unpaired) electrons. The molecule has 0 bridgehead atoms. The van der Waals surface area contributed by atoms with Crippen LogP contribution < -0.4 is 11.1 Å². The Labute approximate surface area is 206 Å². The summed E-state index contributed by atoms with van der Waals surface area (Å²) in [5.41, 5.74) is 9.40. The third-order valence-electron chi connectivity index (χ3n) is 6.17. The van der Waals surface area contributed by atoms with Crippen molar-refractivity contribution in [3.63, 3.8) is 0 Å². The van der Waals surface area contributed by atoms with Gasteiger partial charge in [-0.2, -0.15) is 18.3 Å². The lowest BCUT2D eigenvalue weighted by atomic mass is 9.99. The normalized spacial score (nSPS) is 17.5. The predicted molar refractivity (Wildman–Crippen MR) is 130 cm³/mol. The number of aryl methyl sites for hydroxylation is 1. The van der Waals surface area contributed by atoms with E-state index in [1.807, 2.05) is 42.5 Å². The van der Waals surface area contributed by atoms with Crippen molar-refractivity contribution in [2.75, 3.05) is 25.0 Å². The first-order chi connectivity index (χ1) is 16.7. The summed E-state index contributed by atoms with van der Waals surface area (Å²) in [5.74, 6) is 0.899. The second-order valence-electron chi connectivity index (χ2n) is 8.75. The zero-order valence-electron chi connectivity index (χ0n) is 19.1. The number of amides is 2. The summed E-state index contributed by atoms with van der Waals surface area (Å²) in [4.78, 5) is 12.6. The van der Waals surface area contributed by atoms with Crippen LogP contribution in [0.15, 0.2) is 54.6 Å². The maximum atomic E-state index is 12.2. The predicted octanol–water partition coefficient (Wildman–Crippen LogP) is 5.54. The Morgan fingerprint density at radius 3 is 2.49 bits per heavy atom. The first kappa shape index (κ1) is 25.1. The van der Waals surface area contributed by atoms with E-state index in [4.69, 9.17) is 17.3 Å². The third-order valence-corrected chi connectivity index (χ3v) is 6.42. The number of anilines is 1. The molecular weight excluding hydrogens is 479 g/mol. The van der Waals surface area contributed by atoms with Crippen LogP contribution in [0.2, 0.25) is 5.02 Å². The van der Waals surface area contributed by atoms with Crippen LogP contribution in [-0.2, 0) is 12.8 Å². The SMILES string of the molecule is FC(F)(F)CN1CCC(c2ccc(Cl)cc2)C1.NC(=O)Nc1c2c(nn1-c1ccccc1)CCC2. The Morgan fingerprint density at radius 2 is 1.83 bits per heavy atom. The average Bonchev–Trinajstić information content (AvgIpc) is 3.52. The topological polar surface area (TPSA) is 76.2 Å². The van der Waals surface area contributed by atoms with Gasteiger partial charge in [0.15, 0.2) is 0 Å². The summed E-state index contributed by atoms with van der Waals surface area (Å²) in [6.07, 6.45) is -0.340. The lowest BCUT2D eigenvalue weighted by Gasteiger charge is -2.17. The lowest BCUT2D eigenvalue weighted by molar-refractivity contribution is -0.143. The quantitative estimate of drug-likeness (QED) is 0.488. The smallest absolute Gasteiger partial charge is 0.351 e. The molecule has 2 heterocycles. The second kappa shape index (κ2) is 10.7. The second-order valence-corrected chi connectivity index (χ2v) is 9.19. The molecule has 2 aromatic carbocycles. The monoisotopic (exact) mass is 505 g/mol. The number of carbonyl (C=O) groups is 1. The number of nitrogens with zero attached hydrogens (tertiary/aromatic N) is 3. The van der Waals surface area contributed by atoms with Crippen molar-refractivity contribution < 1.29 is 18.0 Å². The molecule has 6 nitrogen and oxygen atoms in total. The Hall–Kier alpha value is -3.04. The molecule has 2 aliphatic rings. The number of hydrogen-bond acceptors (Lipinski definition) is 3. The molecule has 1 fully saturated rings. The van der Waals surface area contributed by atoms with Gasteiger partial charge < -0.3 is 5.73 Å². The number of rotatable bonds is 4. The maximum absolute atomic E-state index is 12.2. The van der Waals surface area contributed by atoms with Crippen LogP contribution in [0.1, 0.15) is 35.6 Å². The van der Waals surface area contributed by atoms with E-state index in [0.717, 1.165) is 48.2 Å². The lowest BCUT2D eigenvalue weighted by Crippen LogP contribution is -2.32. The molecule has 0 spiro atoms. The van der Waals surface area contributed by atoms with E-state index in [9.17, 15) is 18.0 Å². The van der Waals surface area contributed by atoms with E-state index in [1.54, 1.807) is 16.8 Å². The zero-order chi connectivity index (χ0) is 25.0. The summed E-state index contributed by atoms with van der Waals surface area (Å²) < 4.78 is 38.5. The van der Waals surface area contributed by atoms with Gasteiger partial charge in [-0.3, -0.25) is 10.2 Å². The van der Waals surface area contributed by atoms with Crippen LogP contribution in [0.3, 0.4) is 0 Å². The van der Waals surface area contributed by atoms with Crippen LogP contribution in [0, 0.1) is 0 Å². The number of benzene rings is 2. The van der Waals surface area contributed by atoms with Gasteiger partial charge in [-0.1, -0.05) is 41.9 Å². The van der Waals surface area contributed by atoms with Gasteiger partial charge in [-0.05, 0) is 68.0 Å². The number of urea groups is 1. The van der Waals surface area contributed by atoms with Crippen molar-refractivity contribution in [2.45, 2.75) is 37.8 Å². The van der Waals surface area contributed by atoms with Crippen molar-refractivity contribution in [2.24, 2.45) is 5.73 Å². The number of fused-ring (bicyclic) bond motifs is 1. The Bertz CT molecular complexity index is 1150. The first-order valence-electron chi connectivity index (χ1n) is 11.5. The number of hydrogen-bond donors (Lipinski definition) is 2. The fraction of sp³-hybridized carbons (Fsp3) is 0.360. The van der Waals surface area contributed by atoms with Crippen LogP contribution >= 0.6 is 11.6 Å². The minimum absolute atomic E-state index is 0.189. The molecule has 5 rings (SSSR count). The number of halogens is 4. The molecule has 1 aromatic heterocycles. The van der Waals surface area contributed by atoms with E-state index >= 15 is 0 Å². The molecule has 3 aromatic rings. The molecule has 10 heteroatoms. The van der Waals surface area contributed by atoms with E-state index in [2.05, 4.69) is 10.4 Å². The highest BCUT2D eigenvalue weighted by Gasteiger charge is 2.34. The van der Waals surface area contributed by atoms with Gasteiger partial charge >= 0.3 is 12.2 Å². The van der Waals surface area contributed by atoms with E-state index in [-0.39, 0.29) is 5.92 Å². The molecule has 35 heavy (non-hydrogen) atoms. The number of nitrogens with two attached hydrogens (primary N) is 1. The highest BCUT2D eigenvalue weighted by molar-refractivity contribution is 6.30. The van der Waals surface area contributed by atoms with Gasteiger partial charge in [0.1, 0.15) is 5.82 Å². The Balaban J connectivity index is 0.000000165. The molecule has 1 aliphatic carbocycles. The van der Waals surface area contributed by atoms with Gasteiger partial charge in [0.05, 0.1) is 17.9 Å². The van der Waals surface area contributed by atoms with Crippen LogP contribution in [-0.4, -0.2) is 46.5 Å². The third kappa shape index (κ3) is 6.55. The fourth-order valence-electron chi connectivity index (χ4n) is 4.63. The molecular formula is C25H27ClF3N5O. The van der Waals surface area contributed by atoms with Gasteiger partial charge in [-0.15, -0.1) is 0 Å². The van der Waals surface area contributed by atoms with Gasteiger partial charge in [-0.25, -0.2) is 9.48 Å².